The van der Waals surface area contributed by atoms with E-state index >= 15 is 0 Å². The van der Waals surface area contributed by atoms with Gasteiger partial charge in [-0.15, -0.1) is 0 Å². The van der Waals surface area contributed by atoms with Crippen molar-refractivity contribution in [3.8, 4) is 0 Å². The van der Waals surface area contributed by atoms with Crippen LogP contribution < -0.4 is 10.4 Å². The minimum Gasteiger partial charge on any atom is -0.0654 e. The Hall–Kier alpha value is 0.614. The van der Waals surface area contributed by atoms with E-state index in [1.807, 2.05) is 0 Å². The molecular weight excluding hydrogens is 588 g/mol. The zero-order valence-corrected chi connectivity index (χ0v) is 29.7. The van der Waals surface area contributed by atoms with Crippen LogP contribution in [0.5, 0.6) is 0 Å². The molecule has 0 aliphatic rings. The molecule has 0 bridgehead atoms. The summed E-state index contributed by atoms with van der Waals surface area (Å²) in [5, 5.41) is 3.29. The first-order chi connectivity index (χ1) is 16.6. The highest BCUT2D eigenvalue weighted by molar-refractivity contribution is 9.11. The molecule has 0 atom stereocenters. The Morgan fingerprint density at radius 2 is 0.943 bits per heavy atom. The third-order valence-electron chi connectivity index (χ3n) is 8.17. The lowest BCUT2D eigenvalue weighted by atomic mass is 10.1. The van der Waals surface area contributed by atoms with Crippen molar-refractivity contribution in [1.82, 2.24) is 0 Å². The predicted molar refractivity (Wildman–Crippen MR) is 176 cm³/mol. The molecule has 0 fully saturated rings. The second-order valence-corrected chi connectivity index (χ2v) is 23.7. The fourth-order valence-electron chi connectivity index (χ4n) is 5.74. The fourth-order valence-corrected chi connectivity index (χ4v) is 16.2. The van der Waals surface area contributed by atoms with E-state index in [-0.39, 0.29) is 0 Å². The highest BCUT2D eigenvalue weighted by Crippen LogP contribution is 2.29. The molecule has 0 saturated carbocycles. The lowest BCUT2D eigenvalue weighted by Crippen LogP contribution is -2.48. The molecule has 0 N–H and O–H groups in total. The van der Waals surface area contributed by atoms with Crippen LogP contribution in [0.2, 0.25) is 38.3 Å². The predicted octanol–water partition coefficient (Wildman–Crippen LogP) is 11.6. The van der Waals surface area contributed by atoms with Crippen molar-refractivity contribution in [2.75, 3.05) is 0 Å². The molecule has 0 saturated heterocycles. The van der Waals surface area contributed by atoms with Crippen LogP contribution >= 0.6 is 31.9 Å². The van der Waals surface area contributed by atoms with Gasteiger partial charge in [-0.25, -0.2) is 0 Å². The third-order valence-corrected chi connectivity index (χ3v) is 17.6. The summed E-state index contributed by atoms with van der Waals surface area (Å²) in [6, 6.07) is 5.35. The zero-order chi connectivity index (χ0) is 26.3. The summed E-state index contributed by atoms with van der Waals surface area (Å²) < 4.78 is 2.84. The van der Waals surface area contributed by atoms with Gasteiger partial charge in [0.25, 0.3) is 0 Å². The van der Waals surface area contributed by atoms with E-state index in [0.29, 0.717) is 0 Å². The van der Waals surface area contributed by atoms with Crippen molar-refractivity contribution < 1.29 is 0 Å². The first-order valence-electron chi connectivity index (χ1n) is 15.1. The van der Waals surface area contributed by atoms with Gasteiger partial charge in [0, 0.05) is 8.95 Å². The minimum atomic E-state index is -1.47. The van der Waals surface area contributed by atoms with Gasteiger partial charge in [0.1, 0.15) is 0 Å². The highest BCUT2D eigenvalue weighted by Gasteiger charge is 2.32. The Kier molecular flexibility index (Phi) is 17.3. The molecule has 0 spiro atoms. The molecule has 1 aromatic rings. The van der Waals surface area contributed by atoms with Gasteiger partial charge in [-0.1, -0.05) is 187 Å². The van der Waals surface area contributed by atoms with Crippen molar-refractivity contribution in [3.63, 3.8) is 0 Å². The average Bonchev–Trinajstić information content (AvgIpc) is 2.79. The molecule has 0 aliphatic carbocycles. The van der Waals surface area contributed by atoms with Gasteiger partial charge >= 0.3 is 0 Å². The van der Waals surface area contributed by atoms with Crippen molar-refractivity contribution >= 4 is 58.4 Å². The summed E-state index contributed by atoms with van der Waals surface area (Å²) in [5.41, 5.74) is 1.53. The van der Waals surface area contributed by atoms with Gasteiger partial charge in [0.2, 0.25) is 0 Å². The van der Waals surface area contributed by atoms with Crippen molar-refractivity contribution in [3.05, 3.63) is 20.6 Å². The fraction of sp³-hybridized carbons (Fsp3) is 0.806. The Balaban J connectivity index is 2.68. The van der Waals surface area contributed by atoms with Crippen molar-refractivity contribution in [1.29, 1.82) is 0 Å². The normalized spacial score (nSPS) is 12.5. The van der Waals surface area contributed by atoms with E-state index in [2.05, 4.69) is 84.9 Å². The van der Waals surface area contributed by atoms with Gasteiger partial charge in [0.15, 0.2) is 0 Å². The lowest BCUT2D eigenvalue weighted by Gasteiger charge is -2.31. The van der Waals surface area contributed by atoms with Gasteiger partial charge in [-0.05, 0) is 28.9 Å². The summed E-state index contributed by atoms with van der Waals surface area (Å²) in [5.74, 6) is 0. The van der Waals surface area contributed by atoms with E-state index in [9.17, 15) is 0 Å². The summed E-state index contributed by atoms with van der Waals surface area (Å²) in [6.45, 7) is 17.4. The number of rotatable bonds is 20. The number of benzene rings is 1. The van der Waals surface area contributed by atoms with Crippen LogP contribution in [0.4, 0.5) is 0 Å². The summed E-state index contributed by atoms with van der Waals surface area (Å²) in [6.07, 6.45) is 22.6. The van der Waals surface area contributed by atoms with Crippen LogP contribution in [0, 0.1) is 6.92 Å². The molecular formula is C31H58Br2Si2. The number of unbranched alkanes of at least 4 members (excludes halogenated alkanes) is 14. The Morgan fingerprint density at radius 3 is 1.37 bits per heavy atom. The highest BCUT2D eigenvalue weighted by atomic mass is 79.9. The van der Waals surface area contributed by atoms with E-state index in [0.717, 1.165) is 0 Å². The summed E-state index contributed by atoms with van der Waals surface area (Å²) in [7, 11) is -2.94. The van der Waals surface area contributed by atoms with Gasteiger partial charge in [-0.2, -0.15) is 0 Å². The zero-order valence-electron chi connectivity index (χ0n) is 24.6. The Morgan fingerprint density at radius 1 is 0.571 bits per heavy atom. The summed E-state index contributed by atoms with van der Waals surface area (Å²) in [4.78, 5) is 0. The van der Waals surface area contributed by atoms with E-state index < -0.39 is 16.1 Å². The SMILES string of the molecule is CCCCCCCCCC[Si](C)(C)c1cc(Br)c([Si](C)(C)CCCCCCCCCC)c(C)c1Br. The molecule has 0 nitrogen and oxygen atoms in total. The summed E-state index contributed by atoms with van der Waals surface area (Å²) >= 11 is 8.19. The first kappa shape index (κ1) is 33.6. The average molecular weight is 647 g/mol. The molecule has 35 heavy (non-hydrogen) atoms. The smallest absolute Gasteiger partial charge is 0.0654 e. The van der Waals surface area contributed by atoms with E-state index in [4.69, 9.17) is 0 Å². The molecule has 0 radical (unpaired) electrons. The molecule has 0 heterocycles. The Labute approximate surface area is 239 Å². The quantitative estimate of drug-likeness (QED) is 0.0977. The molecule has 1 rings (SSSR count). The number of hydrogen-bond donors (Lipinski definition) is 0. The van der Waals surface area contributed by atoms with Gasteiger partial charge in [-0.3, -0.25) is 0 Å². The lowest BCUT2D eigenvalue weighted by molar-refractivity contribution is 0.584. The van der Waals surface area contributed by atoms with Gasteiger partial charge in [0.05, 0.1) is 16.1 Å². The van der Waals surface area contributed by atoms with Crippen LogP contribution in [-0.2, 0) is 0 Å². The third kappa shape index (κ3) is 12.3. The maximum Gasteiger partial charge on any atom is 0.0825 e. The maximum absolute atomic E-state index is 4.11. The molecule has 0 aromatic heterocycles. The molecule has 0 amide bonds. The molecule has 0 unspecified atom stereocenters. The largest absolute Gasteiger partial charge is 0.0825 e. The minimum absolute atomic E-state index is 1.35. The van der Waals surface area contributed by atoms with Crippen LogP contribution in [-0.4, -0.2) is 16.1 Å². The van der Waals surface area contributed by atoms with Crippen molar-refractivity contribution in [2.24, 2.45) is 0 Å². The number of hydrogen-bond acceptors (Lipinski definition) is 0. The first-order valence-corrected chi connectivity index (χ1v) is 23.1. The molecule has 4 heteroatoms. The second-order valence-electron chi connectivity index (χ2n) is 12.4. The van der Waals surface area contributed by atoms with E-state index in [1.54, 1.807) is 10.4 Å². The standard InChI is InChI=1S/C31H58Br2Si2/c1-8-10-12-14-16-18-20-22-24-34(4,5)29-26-28(32)31(27(3)30(29)33)35(6,7)25-23-21-19-17-15-13-11-9-2/h26H,8-25H2,1-7H3. The van der Waals surface area contributed by atoms with Crippen LogP contribution in [0.1, 0.15) is 122 Å². The van der Waals surface area contributed by atoms with Gasteiger partial charge < -0.3 is 0 Å². The van der Waals surface area contributed by atoms with E-state index in [1.165, 1.54) is 129 Å². The van der Waals surface area contributed by atoms with Crippen LogP contribution in [0.3, 0.4) is 0 Å². The van der Waals surface area contributed by atoms with Crippen LogP contribution in [0.25, 0.3) is 0 Å². The van der Waals surface area contributed by atoms with Crippen LogP contribution in [0.15, 0.2) is 15.0 Å². The molecule has 0 aliphatic heterocycles. The molecule has 204 valence electrons. The monoisotopic (exact) mass is 644 g/mol. The maximum atomic E-state index is 4.11. The second kappa shape index (κ2) is 18.0. The topological polar surface area (TPSA) is 0 Å². The molecule has 1 aromatic carbocycles. The van der Waals surface area contributed by atoms with Crippen molar-refractivity contribution in [2.45, 2.75) is 162 Å². The number of halogens is 2. The Bertz CT molecular complexity index is 712.